The first-order valence-electron chi connectivity index (χ1n) is 4.85. The van der Waals surface area contributed by atoms with Crippen LogP contribution in [0.1, 0.15) is 22.3 Å². The molecule has 1 aromatic carbocycles. The Morgan fingerprint density at radius 1 is 1.27 bits per heavy atom. The molecular weight excluding hydrogens is 208 g/mol. The Hall–Kier alpha value is -0.960. The Labute approximate surface area is 94.7 Å². The molecule has 0 N–H and O–H groups in total. The largest absolute Gasteiger partial charge is 0.549 e. The van der Waals surface area contributed by atoms with Gasteiger partial charge in [0.15, 0.2) is 0 Å². The first-order valence-corrected chi connectivity index (χ1v) is 6.00. The highest BCUT2D eigenvalue weighted by atomic mass is 32.2. The van der Waals surface area contributed by atoms with E-state index in [0.29, 0.717) is 0 Å². The molecule has 0 aliphatic rings. The molecule has 3 heteroatoms. The maximum atomic E-state index is 10.3. The molecule has 15 heavy (non-hydrogen) atoms. The van der Waals surface area contributed by atoms with Gasteiger partial charge in [-0.3, -0.25) is 0 Å². The highest BCUT2D eigenvalue weighted by molar-refractivity contribution is 7.99. The van der Waals surface area contributed by atoms with Crippen molar-refractivity contribution in [2.75, 3.05) is 5.75 Å². The van der Waals surface area contributed by atoms with E-state index in [-0.39, 0.29) is 5.75 Å². The van der Waals surface area contributed by atoms with Crippen LogP contribution in [0.4, 0.5) is 0 Å². The molecule has 0 bridgehead atoms. The zero-order valence-electron chi connectivity index (χ0n) is 9.29. The van der Waals surface area contributed by atoms with Crippen LogP contribution in [0, 0.1) is 20.8 Å². The number of aryl methyl sites for hydroxylation is 3. The fourth-order valence-electron chi connectivity index (χ4n) is 1.67. The van der Waals surface area contributed by atoms with Gasteiger partial charge in [-0.1, -0.05) is 17.7 Å². The predicted octanol–water partition coefficient (Wildman–Crippen LogP) is 1.59. The molecule has 0 spiro atoms. The Morgan fingerprint density at radius 2 is 1.80 bits per heavy atom. The van der Waals surface area contributed by atoms with Gasteiger partial charge in [-0.25, -0.2) is 0 Å². The molecule has 2 nitrogen and oxygen atoms in total. The molecule has 0 amide bonds. The van der Waals surface area contributed by atoms with Crippen LogP contribution in [0.25, 0.3) is 0 Å². The van der Waals surface area contributed by atoms with Gasteiger partial charge in [0.25, 0.3) is 0 Å². The van der Waals surface area contributed by atoms with Gasteiger partial charge in [-0.05, 0) is 37.5 Å². The Balaban J connectivity index is 2.72. The minimum Gasteiger partial charge on any atom is -0.549 e. The van der Waals surface area contributed by atoms with Gasteiger partial charge in [0.2, 0.25) is 0 Å². The van der Waals surface area contributed by atoms with E-state index >= 15 is 0 Å². The average Bonchev–Trinajstić information content (AvgIpc) is 2.08. The van der Waals surface area contributed by atoms with Crippen molar-refractivity contribution in [1.29, 1.82) is 0 Å². The van der Waals surface area contributed by atoms with Crippen LogP contribution in [0.5, 0.6) is 0 Å². The highest BCUT2D eigenvalue weighted by Crippen LogP contribution is 2.21. The van der Waals surface area contributed by atoms with Gasteiger partial charge < -0.3 is 9.90 Å². The SMILES string of the molecule is Cc1cc(C)c(CSCC(=O)[O-])c(C)c1. The van der Waals surface area contributed by atoms with Crippen molar-refractivity contribution in [3.05, 3.63) is 34.4 Å². The van der Waals surface area contributed by atoms with Crippen molar-refractivity contribution in [2.24, 2.45) is 0 Å². The number of hydrogen-bond acceptors (Lipinski definition) is 3. The van der Waals surface area contributed by atoms with E-state index in [1.807, 2.05) is 0 Å². The van der Waals surface area contributed by atoms with Crippen LogP contribution in [0.3, 0.4) is 0 Å². The molecule has 0 saturated carbocycles. The van der Waals surface area contributed by atoms with Gasteiger partial charge >= 0.3 is 0 Å². The van der Waals surface area contributed by atoms with Crippen LogP contribution >= 0.6 is 11.8 Å². The van der Waals surface area contributed by atoms with E-state index in [9.17, 15) is 9.90 Å². The maximum absolute atomic E-state index is 10.3. The van der Waals surface area contributed by atoms with Crippen molar-refractivity contribution >= 4 is 17.7 Å². The summed E-state index contributed by atoms with van der Waals surface area (Å²) in [4.78, 5) is 10.3. The summed E-state index contributed by atoms with van der Waals surface area (Å²) in [5, 5.41) is 10.3. The molecule has 0 atom stereocenters. The topological polar surface area (TPSA) is 40.1 Å². The van der Waals surface area contributed by atoms with Gasteiger partial charge in [0.05, 0.1) is 5.97 Å². The molecule has 0 aliphatic heterocycles. The van der Waals surface area contributed by atoms with E-state index in [2.05, 4.69) is 32.9 Å². The quantitative estimate of drug-likeness (QED) is 0.778. The second kappa shape index (κ2) is 5.21. The monoisotopic (exact) mass is 223 g/mol. The summed E-state index contributed by atoms with van der Waals surface area (Å²) in [6.07, 6.45) is 0. The smallest absolute Gasteiger partial charge is 0.0513 e. The van der Waals surface area contributed by atoms with Crippen LogP contribution in [-0.2, 0) is 10.5 Å². The average molecular weight is 223 g/mol. The summed E-state index contributed by atoms with van der Waals surface area (Å²) in [6.45, 7) is 6.20. The van der Waals surface area contributed by atoms with Crippen molar-refractivity contribution in [1.82, 2.24) is 0 Å². The zero-order chi connectivity index (χ0) is 11.4. The van der Waals surface area contributed by atoms with Gasteiger partial charge in [0, 0.05) is 11.5 Å². The minimum absolute atomic E-state index is 0.0623. The molecule has 0 aromatic heterocycles. The maximum Gasteiger partial charge on any atom is 0.0513 e. The van der Waals surface area contributed by atoms with E-state index < -0.39 is 5.97 Å². The normalized spacial score (nSPS) is 10.3. The molecular formula is C12H15O2S-. The zero-order valence-corrected chi connectivity index (χ0v) is 10.1. The standard InChI is InChI=1S/C12H16O2S/c1-8-4-9(2)11(10(3)5-8)6-15-7-12(13)14/h4-5H,6-7H2,1-3H3,(H,13,14)/p-1. The van der Waals surface area contributed by atoms with Crippen LogP contribution in [0.15, 0.2) is 12.1 Å². The second-order valence-corrected chi connectivity index (χ2v) is 4.73. The second-order valence-electron chi connectivity index (χ2n) is 3.74. The van der Waals surface area contributed by atoms with Crippen molar-refractivity contribution in [3.8, 4) is 0 Å². The first-order chi connectivity index (χ1) is 7.00. The Bertz CT molecular complexity index is 349. The van der Waals surface area contributed by atoms with E-state index in [0.717, 1.165) is 5.75 Å². The number of hydrogen-bond donors (Lipinski definition) is 0. The highest BCUT2D eigenvalue weighted by Gasteiger charge is 2.03. The Kier molecular flexibility index (Phi) is 4.21. The molecule has 1 rings (SSSR count). The van der Waals surface area contributed by atoms with E-state index in [1.165, 1.54) is 34.0 Å². The number of carboxylic acid groups (broad SMARTS) is 1. The minimum atomic E-state index is -0.998. The molecule has 0 unspecified atom stereocenters. The third kappa shape index (κ3) is 3.59. The Morgan fingerprint density at radius 3 is 2.27 bits per heavy atom. The molecule has 0 radical (unpaired) electrons. The lowest BCUT2D eigenvalue weighted by molar-refractivity contribution is -0.301. The number of benzene rings is 1. The number of rotatable bonds is 4. The molecule has 82 valence electrons. The summed E-state index contributed by atoms with van der Waals surface area (Å²) in [6, 6.07) is 4.25. The van der Waals surface area contributed by atoms with Crippen LogP contribution in [0.2, 0.25) is 0 Å². The fourth-order valence-corrected chi connectivity index (χ4v) is 2.60. The molecule has 0 aliphatic carbocycles. The number of carbonyl (C=O) groups is 1. The fraction of sp³-hybridized carbons (Fsp3) is 0.417. The number of carbonyl (C=O) groups excluding carboxylic acids is 1. The van der Waals surface area contributed by atoms with Crippen molar-refractivity contribution in [3.63, 3.8) is 0 Å². The first kappa shape index (κ1) is 12.1. The summed E-state index contributed by atoms with van der Waals surface area (Å²) in [5.41, 5.74) is 4.96. The third-order valence-corrected chi connectivity index (χ3v) is 3.24. The summed E-state index contributed by atoms with van der Waals surface area (Å²) >= 11 is 1.39. The molecule has 1 aromatic rings. The number of aliphatic carboxylic acids is 1. The molecule has 0 saturated heterocycles. The van der Waals surface area contributed by atoms with E-state index in [4.69, 9.17) is 0 Å². The predicted molar refractivity (Wildman–Crippen MR) is 61.8 cm³/mol. The third-order valence-electron chi connectivity index (χ3n) is 2.31. The lowest BCUT2D eigenvalue weighted by Gasteiger charge is -2.11. The summed E-state index contributed by atoms with van der Waals surface area (Å²) in [7, 11) is 0. The lowest BCUT2D eigenvalue weighted by atomic mass is 10.0. The van der Waals surface area contributed by atoms with Crippen LogP contribution < -0.4 is 5.11 Å². The van der Waals surface area contributed by atoms with E-state index in [1.54, 1.807) is 0 Å². The number of thioether (sulfide) groups is 1. The van der Waals surface area contributed by atoms with Gasteiger partial charge in [-0.15, -0.1) is 0 Å². The van der Waals surface area contributed by atoms with Gasteiger partial charge in [0.1, 0.15) is 0 Å². The summed E-state index contributed by atoms with van der Waals surface area (Å²) < 4.78 is 0. The lowest BCUT2D eigenvalue weighted by Crippen LogP contribution is -2.24. The van der Waals surface area contributed by atoms with Crippen LogP contribution in [-0.4, -0.2) is 11.7 Å². The number of carboxylic acids is 1. The summed E-state index contributed by atoms with van der Waals surface area (Å²) in [5.74, 6) is -0.194. The van der Waals surface area contributed by atoms with Gasteiger partial charge in [-0.2, -0.15) is 11.8 Å². The van der Waals surface area contributed by atoms with Crippen molar-refractivity contribution < 1.29 is 9.90 Å². The molecule has 0 fully saturated rings. The molecule has 0 heterocycles. The van der Waals surface area contributed by atoms with Crippen molar-refractivity contribution in [2.45, 2.75) is 26.5 Å².